The zero-order valence-electron chi connectivity index (χ0n) is 19.4. The summed E-state index contributed by atoms with van der Waals surface area (Å²) in [4.78, 5) is 27.7. The molecule has 8 heteroatoms. The number of anilines is 1. The zero-order valence-corrected chi connectivity index (χ0v) is 21.1. The number of nitrogens with zero attached hydrogens (tertiary/aromatic N) is 1. The lowest BCUT2D eigenvalue weighted by Gasteiger charge is -2.31. The number of carboxylic acid groups (broad SMARTS) is 1. The molecular formula is C23H34NO5PS. The molecule has 0 bridgehead atoms. The molecule has 172 valence electrons. The van der Waals surface area contributed by atoms with Gasteiger partial charge in [-0.25, -0.2) is 4.79 Å². The van der Waals surface area contributed by atoms with Crippen molar-refractivity contribution < 1.29 is 23.8 Å². The predicted octanol–water partition coefficient (Wildman–Crippen LogP) is 5.56. The van der Waals surface area contributed by atoms with E-state index in [0.29, 0.717) is 16.5 Å². The molecule has 1 saturated carbocycles. The second-order valence-corrected chi connectivity index (χ2v) is 13.4. The van der Waals surface area contributed by atoms with Gasteiger partial charge >= 0.3 is 5.97 Å². The van der Waals surface area contributed by atoms with Crippen LogP contribution in [0.3, 0.4) is 0 Å². The van der Waals surface area contributed by atoms with Crippen LogP contribution in [0.5, 0.6) is 0 Å². The van der Waals surface area contributed by atoms with Crippen LogP contribution in [0.1, 0.15) is 67.9 Å². The molecule has 1 atom stereocenters. The minimum atomic E-state index is -2.87. The van der Waals surface area contributed by atoms with Gasteiger partial charge in [0, 0.05) is 37.8 Å². The molecule has 6 nitrogen and oxygen atoms in total. The molecule has 1 amide bonds. The third kappa shape index (κ3) is 7.49. The summed E-state index contributed by atoms with van der Waals surface area (Å²) in [5, 5.41) is 9.80. The van der Waals surface area contributed by atoms with Gasteiger partial charge in [0.2, 0.25) is 13.3 Å². The smallest absolute Gasteiger partial charge is 0.348 e. The van der Waals surface area contributed by atoms with Crippen LogP contribution in [0.15, 0.2) is 6.07 Å². The van der Waals surface area contributed by atoms with Crippen molar-refractivity contribution >= 4 is 36.3 Å². The Kier molecular flexibility index (Phi) is 8.55. The maximum atomic E-state index is 13.5. The maximum Gasteiger partial charge on any atom is 0.348 e. The van der Waals surface area contributed by atoms with E-state index in [1.165, 1.54) is 18.7 Å². The fourth-order valence-electron chi connectivity index (χ4n) is 3.50. The molecule has 0 aromatic carbocycles. The first kappa shape index (κ1) is 25.6. The number of amides is 1. The van der Waals surface area contributed by atoms with Crippen molar-refractivity contribution in [3.8, 4) is 11.8 Å². The second-order valence-electron chi connectivity index (χ2n) is 9.50. The summed E-state index contributed by atoms with van der Waals surface area (Å²) in [6.07, 6.45) is 3.69. The molecule has 31 heavy (non-hydrogen) atoms. The lowest BCUT2D eigenvalue weighted by Crippen LogP contribution is -2.40. The monoisotopic (exact) mass is 467 g/mol. The molecule has 0 saturated heterocycles. The molecule has 1 fully saturated rings. The highest BCUT2D eigenvalue weighted by molar-refractivity contribution is 7.58. The van der Waals surface area contributed by atoms with Crippen LogP contribution in [-0.2, 0) is 13.9 Å². The first-order chi connectivity index (χ1) is 14.3. The van der Waals surface area contributed by atoms with Crippen molar-refractivity contribution in [1.82, 2.24) is 0 Å². The number of rotatable bonds is 7. The van der Waals surface area contributed by atoms with Crippen molar-refractivity contribution in [2.45, 2.75) is 53.4 Å². The molecule has 0 aliphatic heterocycles. The molecule has 1 aliphatic rings. The minimum Gasteiger partial charge on any atom is -0.477 e. The van der Waals surface area contributed by atoms with Gasteiger partial charge in [0.1, 0.15) is 4.88 Å². The highest BCUT2D eigenvalue weighted by atomic mass is 32.1. The predicted molar refractivity (Wildman–Crippen MR) is 126 cm³/mol. The van der Waals surface area contributed by atoms with Crippen LogP contribution < -0.4 is 4.90 Å². The van der Waals surface area contributed by atoms with E-state index < -0.39 is 13.3 Å². The van der Waals surface area contributed by atoms with Gasteiger partial charge in [0.15, 0.2) is 0 Å². The van der Waals surface area contributed by atoms with Crippen molar-refractivity contribution in [3.63, 3.8) is 0 Å². The van der Waals surface area contributed by atoms with E-state index in [2.05, 4.69) is 18.8 Å². The van der Waals surface area contributed by atoms with Crippen LogP contribution in [0.2, 0.25) is 0 Å². The Morgan fingerprint density at radius 1 is 1.29 bits per heavy atom. The Morgan fingerprint density at radius 2 is 1.90 bits per heavy atom. The number of carbonyl (C=O) groups excluding carboxylic acids is 1. The average molecular weight is 468 g/mol. The maximum absolute atomic E-state index is 13.5. The van der Waals surface area contributed by atoms with Crippen molar-refractivity contribution in [3.05, 3.63) is 15.8 Å². The fraction of sp³-hybridized carbons (Fsp3) is 0.652. The largest absolute Gasteiger partial charge is 0.477 e. The average Bonchev–Trinajstić information content (AvgIpc) is 3.11. The topological polar surface area (TPSA) is 83.9 Å². The van der Waals surface area contributed by atoms with Gasteiger partial charge in [-0.1, -0.05) is 18.8 Å². The van der Waals surface area contributed by atoms with E-state index in [4.69, 9.17) is 4.52 Å². The normalized spacial score (nSPS) is 21.0. The van der Waals surface area contributed by atoms with Gasteiger partial charge in [-0.2, -0.15) is 0 Å². The Labute approximate surface area is 189 Å². The zero-order chi connectivity index (χ0) is 23.4. The quantitative estimate of drug-likeness (QED) is 0.419. The fourth-order valence-corrected chi connectivity index (χ4v) is 5.09. The van der Waals surface area contributed by atoms with Crippen LogP contribution in [0.4, 0.5) is 5.69 Å². The molecule has 1 aromatic heterocycles. The number of thiophene rings is 1. The van der Waals surface area contributed by atoms with Gasteiger partial charge in [0.05, 0.1) is 10.6 Å². The molecule has 1 N–H and O–H groups in total. The highest BCUT2D eigenvalue weighted by Crippen LogP contribution is 2.42. The number of hydrogen-bond acceptors (Lipinski definition) is 5. The minimum absolute atomic E-state index is 0.0825. The van der Waals surface area contributed by atoms with Gasteiger partial charge in [-0.15, -0.1) is 11.3 Å². The molecular weight excluding hydrogens is 433 g/mol. The molecule has 1 aliphatic carbocycles. The SMILES string of the molecule is COP(C)(=O)CCN(C(=O)C1CCC(C)CC1)c1cc(C#CC(C)(C)C)sc1C(=O)O. The summed E-state index contributed by atoms with van der Waals surface area (Å²) in [6, 6.07) is 1.68. The summed E-state index contributed by atoms with van der Waals surface area (Å²) in [5.74, 6) is 5.42. The second kappa shape index (κ2) is 10.3. The molecule has 1 heterocycles. The summed E-state index contributed by atoms with van der Waals surface area (Å²) in [7, 11) is -1.48. The van der Waals surface area contributed by atoms with Crippen LogP contribution >= 0.6 is 18.7 Å². The Balaban J connectivity index is 2.44. The number of carboxylic acids is 1. The summed E-state index contributed by atoms with van der Waals surface area (Å²) in [5.41, 5.74) is 0.116. The lowest BCUT2D eigenvalue weighted by atomic mass is 9.82. The Morgan fingerprint density at radius 3 is 2.42 bits per heavy atom. The number of carbonyl (C=O) groups is 2. The molecule has 1 aromatic rings. The molecule has 0 spiro atoms. The third-order valence-corrected chi connectivity index (χ3v) is 8.32. The van der Waals surface area contributed by atoms with E-state index >= 15 is 0 Å². The van der Waals surface area contributed by atoms with E-state index in [-0.39, 0.29) is 34.8 Å². The standard InChI is InChI=1S/C23H34NO5PS/c1-16-7-9-17(10-8-16)21(25)24(13-14-30(6,28)29-5)19-15-18(11-12-23(2,3)4)31-20(19)22(26)27/h15-17H,7-10,13-14H2,1-6H3,(H,26,27). The van der Waals surface area contributed by atoms with Gasteiger partial charge in [0.25, 0.3) is 0 Å². The van der Waals surface area contributed by atoms with E-state index in [0.717, 1.165) is 37.0 Å². The summed E-state index contributed by atoms with van der Waals surface area (Å²) in [6.45, 7) is 9.81. The number of aromatic carboxylic acids is 1. The van der Waals surface area contributed by atoms with E-state index in [9.17, 15) is 19.3 Å². The van der Waals surface area contributed by atoms with Gasteiger partial charge < -0.3 is 14.5 Å². The van der Waals surface area contributed by atoms with Crippen LogP contribution in [0, 0.1) is 29.1 Å². The van der Waals surface area contributed by atoms with Crippen molar-refractivity contribution in [1.29, 1.82) is 0 Å². The molecule has 2 rings (SSSR count). The first-order valence-electron chi connectivity index (χ1n) is 10.7. The Bertz CT molecular complexity index is 913. The number of hydrogen-bond donors (Lipinski definition) is 1. The Hall–Kier alpha value is -1.61. The third-order valence-electron chi connectivity index (χ3n) is 5.51. The van der Waals surface area contributed by atoms with E-state index in [1.54, 1.807) is 6.07 Å². The van der Waals surface area contributed by atoms with Crippen LogP contribution in [0.25, 0.3) is 0 Å². The van der Waals surface area contributed by atoms with Gasteiger partial charge in [-0.3, -0.25) is 9.36 Å². The van der Waals surface area contributed by atoms with Crippen LogP contribution in [-0.4, -0.2) is 43.5 Å². The lowest BCUT2D eigenvalue weighted by molar-refractivity contribution is -0.123. The van der Waals surface area contributed by atoms with Crippen molar-refractivity contribution in [2.24, 2.45) is 17.3 Å². The summed E-state index contributed by atoms with van der Waals surface area (Å²) >= 11 is 1.07. The van der Waals surface area contributed by atoms with Gasteiger partial charge in [-0.05, 0) is 58.4 Å². The first-order valence-corrected chi connectivity index (χ1v) is 13.7. The van der Waals surface area contributed by atoms with E-state index in [1.807, 2.05) is 20.8 Å². The highest BCUT2D eigenvalue weighted by Gasteiger charge is 2.33. The van der Waals surface area contributed by atoms with Crippen molar-refractivity contribution in [2.75, 3.05) is 31.4 Å². The molecule has 1 unspecified atom stereocenters. The summed E-state index contributed by atoms with van der Waals surface area (Å²) < 4.78 is 17.6. The molecule has 0 radical (unpaired) electrons.